The average molecular weight is 385 g/mol. The zero-order chi connectivity index (χ0) is 18.4. The fourth-order valence-corrected chi connectivity index (χ4v) is 3.41. The molecule has 0 saturated carbocycles. The first-order valence-electron chi connectivity index (χ1n) is 8.04. The Morgan fingerprint density at radius 1 is 1.12 bits per heavy atom. The van der Waals surface area contributed by atoms with Crippen molar-refractivity contribution in [3.8, 4) is 5.75 Å². The van der Waals surface area contributed by atoms with Crippen LogP contribution in [0.3, 0.4) is 0 Å². The summed E-state index contributed by atoms with van der Waals surface area (Å²) in [6, 6.07) is 18.6. The van der Waals surface area contributed by atoms with Crippen molar-refractivity contribution < 1.29 is 9.90 Å². The van der Waals surface area contributed by atoms with Crippen LogP contribution in [-0.2, 0) is 4.79 Å². The lowest BCUT2D eigenvalue weighted by Gasteiger charge is -2.05. The number of nitrogens with zero attached hydrogens (tertiary/aromatic N) is 1. The maximum Gasteiger partial charge on any atom is 0.240 e. The summed E-state index contributed by atoms with van der Waals surface area (Å²) in [5, 5.41) is 16.6. The molecule has 0 fully saturated rings. The van der Waals surface area contributed by atoms with Gasteiger partial charge in [-0.25, -0.2) is 5.43 Å². The molecule has 6 heteroatoms. The molecule has 3 rings (SSSR count). The van der Waals surface area contributed by atoms with Crippen molar-refractivity contribution in [1.29, 1.82) is 0 Å². The third-order valence-electron chi connectivity index (χ3n) is 3.74. The number of thioether (sulfide) groups is 1. The molecule has 0 aliphatic carbocycles. The molecule has 3 aromatic rings. The Kier molecular flexibility index (Phi) is 6.15. The number of phenolic OH excluding ortho intramolecular Hbond substituents is 1. The van der Waals surface area contributed by atoms with E-state index in [9.17, 15) is 9.90 Å². The van der Waals surface area contributed by atoms with E-state index in [1.807, 2.05) is 54.6 Å². The van der Waals surface area contributed by atoms with Gasteiger partial charge in [-0.3, -0.25) is 4.79 Å². The van der Waals surface area contributed by atoms with E-state index in [4.69, 9.17) is 11.6 Å². The normalized spacial score (nSPS) is 11.1. The van der Waals surface area contributed by atoms with Crippen LogP contribution in [0.2, 0.25) is 5.02 Å². The topological polar surface area (TPSA) is 61.7 Å². The van der Waals surface area contributed by atoms with Gasteiger partial charge >= 0.3 is 0 Å². The SMILES string of the molecule is O=C(CCSc1ccc(Cl)cc1)N/N=C\c1c(O)ccc2ccccc12. The van der Waals surface area contributed by atoms with Crippen LogP contribution >= 0.6 is 23.4 Å². The van der Waals surface area contributed by atoms with Gasteiger partial charge in [0.25, 0.3) is 0 Å². The summed E-state index contributed by atoms with van der Waals surface area (Å²) in [5.74, 6) is 0.588. The number of benzene rings is 3. The molecule has 0 heterocycles. The summed E-state index contributed by atoms with van der Waals surface area (Å²) in [4.78, 5) is 13.0. The highest BCUT2D eigenvalue weighted by atomic mass is 35.5. The number of hydrogen-bond donors (Lipinski definition) is 2. The number of fused-ring (bicyclic) bond motifs is 1. The van der Waals surface area contributed by atoms with E-state index < -0.39 is 0 Å². The van der Waals surface area contributed by atoms with Crippen LogP contribution in [0.25, 0.3) is 10.8 Å². The van der Waals surface area contributed by atoms with Gasteiger partial charge in [0, 0.05) is 27.7 Å². The molecule has 0 aliphatic heterocycles. The van der Waals surface area contributed by atoms with Crippen molar-refractivity contribution >= 4 is 46.3 Å². The average Bonchev–Trinajstić information content (AvgIpc) is 2.65. The largest absolute Gasteiger partial charge is 0.507 e. The van der Waals surface area contributed by atoms with Gasteiger partial charge in [0.2, 0.25) is 5.91 Å². The lowest BCUT2D eigenvalue weighted by atomic mass is 10.0. The number of phenols is 1. The Morgan fingerprint density at radius 3 is 2.69 bits per heavy atom. The minimum absolute atomic E-state index is 0.125. The Morgan fingerprint density at radius 2 is 1.88 bits per heavy atom. The van der Waals surface area contributed by atoms with E-state index in [0.29, 0.717) is 22.8 Å². The molecule has 2 N–H and O–H groups in total. The van der Waals surface area contributed by atoms with Crippen molar-refractivity contribution in [3.63, 3.8) is 0 Å². The summed E-state index contributed by atoms with van der Waals surface area (Å²) in [6.07, 6.45) is 1.81. The Hall–Kier alpha value is -2.50. The second kappa shape index (κ2) is 8.74. The second-order valence-electron chi connectivity index (χ2n) is 5.57. The van der Waals surface area contributed by atoms with Crippen LogP contribution in [0, 0.1) is 0 Å². The minimum atomic E-state index is -0.178. The van der Waals surface area contributed by atoms with E-state index in [0.717, 1.165) is 15.7 Å². The molecule has 0 aromatic heterocycles. The number of hydrazone groups is 1. The zero-order valence-corrected chi connectivity index (χ0v) is 15.4. The number of aromatic hydroxyl groups is 1. The van der Waals surface area contributed by atoms with Crippen molar-refractivity contribution in [2.24, 2.45) is 5.10 Å². The lowest BCUT2D eigenvalue weighted by Crippen LogP contribution is -2.17. The van der Waals surface area contributed by atoms with E-state index in [-0.39, 0.29) is 11.7 Å². The van der Waals surface area contributed by atoms with E-state index in [2.05, 4.69) is 10.5 Å². The maximum absolute atomic E-state index is 11.9. The first-order chi connectivity index (χ1) is 12.6. The summed E-state index contributed by atoms with van der Waals surface area (Å²) in [5.41, 5.74) is 3.09. The molecule has 3 aromatic carbocycles. The number of carbonyl (C=O) groups excluding carboxylic acids is 1. The molecule has 0 radical (unpaired) electrons. The molecule has 0 aliphatic rings. The zero-order valence-electron chi connectivity index (χ0n) is 13.9. The summed E-state index contributed by atoms with van der Waals surface area (Å²) in [6.45, 7) is 0. The molecule has 1 amide bonds. The summed E-state index contributed by atoms with van der Waals surface area (Å²) >= 11 is 7.42. The third-order valence-corrected chi connectivity index (χ3v) is 5.01. The highest BCUT2D eigenvalue weighted by Gasteiger charge is 2.05. The predicted octanol–water partition coefficient (Wildman–Crippen LogP) is 4.83. The number of rotatable bonds is 6. The molecule has 4 nitrogen and oxygen atoms in total. The molecule has 132 valence electrons. The van der Waals surface area contributed by atoms with Gasteiger partial charge in [-0.2, -0.15) is 5.10 Å². The van der Waals surface area contributed by atoms with Crippen molar-refractivity contribution in [1.82, 2.24) is 5.43 Å². The molecule has 0 bridgehead atoms. The van der Waals surface area contributed by atoms with Gasteiger partial charge in [0.05, 0.1) is 6.21 Å². The third kappa shape index (κ3) is 4.77. The van der Waals surface area contributed by atoms with Gasteiger partial charge in [-0.15, -0.1) is 11.8 Å². The van der Waals surface area contributed by atoms with Crippen molar-refractivity contribution in [2.45, 2.75) is 11.3 Å². The highest BCUT2D eigenvalue weighted by Crippen LogP contribution is 2.25. The van der Waals surface area contributed by atoms with Gasteiger partial charge in [-0.05, 0) is 41.1 Å². The molecule has 0 spiro atoms. The van der Waals surface area contributed by atoms with E-state index in [1.54, 1.807) is 17.8 Å². The number of nitrogens with one attached hydrogen (secondary N) is 1. The lowest BCUT2D eigenvalue weighted by molar-refractivity contribution is -0.120. The highest BCUT2D eigenvalue weighted by molar-refractivity contribution is 7.99. The van der Waals surface area contributed by atoms with Crippen LogP contribution in [0.15, 0.2) is 70.7 Å². The quantitative estimate of drug-likeness (QED) is 0.363. The molecule has 0 atom stereocenters. The summed E-state index contributed by atoms with van der Waals surface area (Å²) in [7, 11) is 0. The van der Waals surface area contributed by atoms with Crippen LogP contribution in [0.5, 0.6) is 5.75 Å². The fourth-order valence-electron chi connectivity index (χ4n) is 2.44. The monoisotopic (exact) mass is 384 g/mol. The van der Waals surface area contributed by atoms with Crippen LogP contribution in [0.4, 0.5) is 0 Å². The second-order valence-corrected chi connectivity index (χ2v) is 7.17. The van der Waals surface area contributed by atoms with E-state index in [1.165, 1.54) is 6.21 Å². The smallest absolute Gasteiger partial charge is 0.240 e. The van der Waals surface area contributed by atoms with E-state index >= 15 is 0 Å². The molecular formula is C20H17ClN2O2S. The molecule has 0 saturated heterocycles. The van der Waals surface area contributed by atoms with Gasteiger partial charge < -0.3 is 5.11 Å². The predicted molar refractivity (Wildman–Crippen MR) is 108 cm³/mol. The fraction of sp³-hybridized carbons (Fsp3) is 0.100. The van der Waals surface area contributed by atoms with Gasteiger partial charge in [0.15, 0.2) is 0 Å². The summed E-state index contributed by atoms with van der Waals surface area (Å²) < 4.78 is 0. The number of amides is 1. The molecule has 0 unspecified atom stereocenters. The Labute approximate surface area is 160 Å². The van der Waals surface area contributed by atoms with Crippen molar-refractivity contribution in [2.75, 3.05) is 5.75 Å². The Bertz CT molecular complexity index is 942. The maximum atomic E-state index is 11.9. The first kappa shape index (κ1) is 18.3. The van der Waals surface area contributed by atoms with Gasteiger partial charge in [0.1, 0.15) is 5.75 Å². The molecule has 26 heavy (non-hydrogen) atoms. The first-order valence-corrected chi connectivity index (χ1v) is 9.41. The standard InChI is InChI=1S/C20H17ClN2O2S/c21-15-6-8-16(9-7-15)26-12-11-20(25)23-22-13-18-17-4-2-1-3-14(17)5-10-19(18)24/h1-10,13,24H,11-12H2,(H,23,25)/b22-13-. The number of carbonyl (C=O) groups is 1. The van der Waals surface area contributed by atoms with Crippen molar-refractivity contribution in [3.05, 3.63) is 71.2 Å². The number of hydrogen-bond acceptors (Lipinski definition) is 4. The van der Waals surface area contributed by atoms with Gasteiger partial charge in [-0.1, -0.05) is 41.9 Å². The minimum Gasteiger partial charge on any atom is -0.507 e. The van der Waals surface area contributed by atoms with Crippen LogP contribution < -0.4 is 5.43 Å². The number of halogens is 1. The van der Waals surface area contributed by atoms with Crippen LogP contribution in [0.1, 0.15) is 12.0 Å². The van der Waals surface area contributed by atoms with Crippen LogP contribution in [-0.4, -0.2) is 23.0 Å². The Balaban J connectivity index is 1.54. The molecular weight excluding hydrogens is 368 g/mol.